The van der Waals surface area contributed by atoms with Crippen LogP contribution in [-0.2, 0) is 6.42 Å². The second-order valence-corrected chi connectivity index (χ2v) is 5.76. The molecule has 0 aliphatic carbocycles. The molecule has 2 aromatic rings. The number of hydrogen-bond acceptors (Lipinski definition) is 3. The highest BCUT2D eigenvalue weighted by atomic mass is 79.9. The minimum atomic E-state index is 0.442. The summed E-state index contributed by atoms with van der Waals surface area (Å²) < 4.78 is 2.24. The zero-order chi connectivity index (χ0) is 10.1. The Morgan fingerprint density at radius 1 is 1.50 bits per heavy atom. The zero-order valence-electron chi connectivity index (χ0n) is 7.12. The molecule has 0 N–H and O–H groups in total. The van der Waals surface area contributed by atoms with Gasteiger partial charge in [-0.05, 0) is 45.1 Å². The molecule has 0 aliphatic heterocycles. The molecule has 0 fully saturated rings. The molecule has 1 heterocycles. The molecule has 0 atom stereocenters. The lowest BCUT2D eigenvalue weighted by molar-refractivity contribution is 1.29. The van der Waals surface area contributed by atoms with Crippen LogP contribution in [0.2, 0.25) is 0 Å². The van der Waals surface area contributed by atoms with E-state index >= 15 is 0 Å². The van der Waals surface area contributed by atoms with Gasteiger partial charge in [-0.15, -0.1) is 24.0 Å². The van der Waals surface area contributed by atoms with E-state index in [0.717, 1.165) is 19.6 Å². The van der Waals surface area contributed by atoms with Crippen molar-refractivity contribution in [1.29, 1.82) is 5.26 Å². The Balaban J connectivity index is 2.74. The van der Waals surface area contributed by atoms with Crippen LogP contribution in [0.3, 0.4) is 0 Å². The quantitative estimate of drug-likeness (QED) is 0.786. The average molecular weight is 284 g/mol. The molecule has 0 radical (unpaired) electrons. The Hall–Kier alpha value is -0.500. The van der Waals surface area contributed by atoms with Gasteiger partial charge in [0.05, 0.1) is 16.3 Å². The van der Waals surface area contributed by atoms with E-state index in [4.69, 9.17) is 5.26 Å². The third-order valence-corrected chi connectivity index (χ3v) is 4.22. The van der Waals surface area contributed by atoms with Crippen LogP contribution in [-0.4, -0.2) is 0 Å². The summed E-state index contributed by atoms with van der Waals surface area (Å²) in [6.45, 7) is 0. The summed E-state index contributed by atoms with van der Waals surface area (Å²) in [5, 5.41) is 9.84. The Morgan fingerprint density at radius 2 is 2.29 bits per heavy atom. The van der Waals surface area contributed by atoms with Crippen LogP contribution in [0.15, 0.2) is 26.9 Å². The third kappa shape index (κ3) is 1.68. The molecule has 0 aliphatic rings. The van der Waals surface area contributed by atoms with Gasteiger partial charge in [0.25, 0.3) is 0 Å². The van der Waals surface area contributed by atoms with E-state index < -0.39 is 0 Å². The van der Waals surface area contributed by atoms with Crippen molar-refractivity contribution in [2.45, 2.75) is 11.3 Å². The number of rotatable bonds is 1. The van der Waals surface area contributed by atoms with Crippen molar-refractivity contribution in [3.63, 3.8) is 0 Å². The normalized spacial score (nSPS) is 10.4. The summed E-state index contributed by atoms with van der Waals surface area (Å²) in [5.41, 5.74) is 1.07. The Bertz CT molecular complexity index is 525. The summed E-state index contributed by atoms with van der Waals surface area (Å²) in [7, 11) is 0. The predicted octanol–water partition coefficient (Wildman–Crippen LogP) is 4.02. The molecule has 70 valence electrons. The van der Waals surface area contributed by atoms with Crippen LogP contribution < -0.4 is 0 Å². The highest BCUT2D eigenvalue weighted by Crippen LogP contribution is 2.36. The fourth-order valence-electron chi connectivity index (χ4n) is 1.35. The first-order valence-corrected chi connectivity index (χ1v) is 6.05. The third-order valence-electron chi connectivity index (χ3n) is 1.98. The maximum atomic E-state index is 8.71. The Labute approximate surface area is 99.9 Å². The van der Waals surface area contributed by atoms with Gasteiger partial charge in [-0.3, -0.25) is 0 Å². The molecule has 1 nitrogen and oxygen atoms in total. The van der Waals surface area contributed by atoms with E-state index in [9.17, 15) is 0 Å². The molecule has 4 heteroatoms. The van der Waals surface area contributed by atoms with Crippen molar-refractivity contribution in [2.75, 3.05) is 0 Å². The van der Waals surface area contributed by atoms with Crippen LogP contribution >= 0.6 is 39.9 Å². The molecule has 0 amide bonds. The summed E-state index contributed by atoms with van der Waals surface area (Å²) >= 11 is 9.43. The van der Waals surface area contributed by atoms with Crippen molar-refractivity contribution in [3.8, 4) is 6.07 Å². The van der Waals surface area contributed by atoms with Crippen molar-refractivity contribution in [3.05, 3.63) is 27.5 Å². The molecule has 0 saturated heterocycles. The van der Waals surface area contributed by atoms with Gasteiger partial charge in [0.1, 0.15) is 0 Å². The number of hydrogen-bond donors (Lipinski definition) is 1. The number of nitriles is 1. The first-order valence-electron chi connectivity index (χ1n) is 3.99. The molecule has 0 bridgehead atoms. The highest BCUT2D eigenvalue weighted by molar-refractivity contribution is 9.11. The van der Waals surface area contributed by atoms with Crippen LogP contribution in [0, 0.1) is 11.3 Å². The Morgan fingerprint density at radius 3 is 3.00 bits per heavy atom. The first kappa shape index (κ1) is 10.0. The number of thiophene rings is 1. The molecule has 2 rings (SSSR count). The van der Waals surface area contributed by atoms with E-state index in [-0.39, 0.29) is 0 Å². The van der Waals surface area contributed by atoms with Crippen LogP contribution in [0.1, 0.15) is 5.56 Å². The van der Waals surface area contributed by atoms with E-state index in [1.54, 1.807) is 11.3 Å². The van der Waals surface area contributed by atoms with E-state index in [1.165, 1.54) is 4.70 Å². The maximum absolute atomic E-state index is 8.71. The van der Waals surface area contributed by atoms with Gasteiger partial charge in [-0.1, -0.05) is 0 Å². The maximum Gasteiger partial charge on any atom is 0.0753 e. The first-order chi connectivity index (χ1) is 6.72. The van der Waals surface area contributed by atoms with E-state index in [1.807, 2.05) is 18.2 Å². The Kier molecular flexibility index (Phi) is 2.82. The summed E-state index contributed by atoms with van der Waals surface area (Å²) in [6, 6.07) is 8.18. The van der Waals surface area contributed by atoms with Crippen molar-refractivity contribution < 1.29 is 0 Å². The molecule has 1 aromatic carbocycles. The number of thiol groups is 1. The molecule has 0 spiro atoms. The van der Waals surface area contributed by atoms with Crippen LogP contribution in [0.4, 0.5) is 0 Å². The topological polar surface area (TPSA) is 23.8 Å². The average Bonchev–Trinajstić information content (AvgIpc) is 2.45. The smallest absolute Gasteiger partial charge is 0.0753 e. The van der Waals surface area contributed by atoms with Crippen molar-refractivity contribution in [2.24, 2.45) is 0 Å². The molecular formula is C10H6BrNS2. The molecular weight excluding hydrogens is 278 g/mol. The fourth-order valence-corrected chi connectivity index (χ4v) is 3.36. The van der Waals surface area contributed by atoms with E-state index in [0.29, 0.717) is 6.42 Å². The van der Waals surface area contributed by atoms with Gasteiger partial charge in [0, 0.05) is 9.60 Å². The van der Waals surface area contributed by atoms with Crippen molar-refractivity contribution >= 4 is 50.0 Å². The van der Waals surface area contributed by atoms with Gasteiger partial charge < -0.3 is 0 Å². The van der Waals surface area contributed by atoms with E-state index in [2.05, 4.69) is 34.6 Å². The zero-order valence-corrected chi connectivity index (χ0v) is 10.4. The predicted molar refractivity (Wildman–Crippen MR) is 66.1 cm³/mol. The molecule has 0 saturated carbocycles. The summed E-state index contributed by atoms with van der Waals surface area (Å²) in [6.07, 6.45) is 0.442. The SMILES string of the molecule is N#CCc1c(Br)sc2ccc(S)cc12. The largest absolute Gasteiger partial charge is 0.198 e. The van der Waals surface area contributed by atoms with Gasteiger partial charge >= 0.3 is 0 Å². The number of fused-ring (bicyclic) bond motifs is 1. The van der Waals surface area contributed by atoms with Crippen molar-refractivity contribution in [1.82, 2.24) is 0 Å². The number of halogens is 1. The fraction of sp³-hybridized carbons (Fsp3) is 0.100. The van der Waals surface area contributed by atoms with Gasteiger partial charge in [-0.2, -0.15) is 5.26 Å². The lowest BCUT2D eigenvalue weighted by atomic mass is 10.1. The van der Waals surface area contributed by atoms with Crippen LogP contribution in [0.25, 0.3) is 10.1 Å². The van der Waals surface area contributed by atoms with Gasteiger partial charge in [0.15, 0.2) is 0 Å². The van der Waals surface area contributed by atoms with Gasteiger partial charge in [0.2, 0.25) is 0 Å². The molecule has 0 unspecified atom stereocenters. The lowest BCUT2D eigenvalue weighted by Gasteiger charge is -1.94. The number of benzene rings is 1. The lowest BCUT2D eigenvalue weighted by Crippen LogP contribution is -1.79. The molecule has 1 aromatic heterocycles. The summed E-state index contributed by atoms with van der Waals surface area (Å²) in [5.74, 6) is 0. The second-order valence-electron chi connectivity index (χ2n) is 2.87. The molecule has 14 heavy (non-hydrogen) atoms. The minimum absolute atomic E-state index is 0.442. The highest BCUT2D eigenvalue weighted by Gasteiger charge is 2.09. The number of nitrogens with zero attached hydrogens (tertiary/aromatic N) is 1. The standard InChI is InChI=1S/C10H6BrNS2/c11-10-7(3-4-12)8-5-6(13)1-2-9(8)14-10/h1-2,5,13H,3H2. The second kappa shape index (κ2) is 3.93. The summed E-state index contributed by atoms with van der Waals surface area (Å²) in [4.78, 5) is 0.932. The van der Waals surface area contributed by atoms with Gasteiger partial charge in [-0.25, -0.2) is 0 Å². The monoisotopic (exact) mass is 283 g/mol. The van der Waals surface area contributed by atoms with Crippen LogP contribution in [0.5, 0.6) is 0 Å². The minimum Gasteiger partial charge on any atom is -0.198 e.